The molecule has 0 spiro atoms. The van der Waals surface area contributed by atoms with Crippen LogP contribution in [0, 0.1) is 0 Å². The van der Waals surface area contributed by atoms with Gasteiger partial charge in [-0.1, -0.05) is 0 Å². The summed E-state index contributed by atoms with van der Waals surface area (Å²) in [5, 5.41) is 0. The van der Waals surface area contributed by atoms with E-state index in [1.54, 1.807) is 17.7 Å². The molecular weight excluding hydrogens is 329 g/mol. The van der Waals surface area contributed by atoms with Gasteiger partial charge in [-0.05, 0) is 12.1 Å². The minimum atomic E-state index is -4.48. The fourth-order valence-electron chi connectivity index (χ4n) is 2.27. The van der Waals surface area contributed by atoms with Crippen molar-refractivity contribution in [3.05, 3.63) is 36.3 Å². The van der Waals surface area contributed by atoms with Crippen molar-refractivity contribution in [2.75, 3.05) is 6.26 Å². The first-order chi connectivity index (χ1) is 10.8. The second-order valence-corrected chi connectivity index (χ2v) is 6.23. The van der Waals surface area contributed by atoms with Crippen molar-refractivity contribution in [1.29, 1.82) is 0 Å². The van der Waals surface area contributed by atoms with Gasteiger partial charge in [-0.15, -0.1) is 0 Å². The molecule has 0 saturated heterocycles. The van der Waals surface area contributed by atoms with E-state index in [0.29, 0.717) is 21.9 Å². The highest BCUT2D eigenvalue weighted by atomic mass is 32.2. The number of aromatic nitrogens is 4. The second-order valence-electron chi connectivity index (χ2n) is 4.88. The van der Waals surface area contributed by atoms with E-state index in [-0.39, 0.29) is 5.52 Å². The SMILES string of the molecule is Cn1c(-c2ccncc2S(C)=O)nc2cc(C(F)(F)F)cnc21. The third-order valence-electron chi connectivity index (χ3n) is 3.37. The Bertz CT molecular complexity index is 920. The molecule has 0 aliphatic carbocycles. The number of nitrogens with zero attached hydrogens (tertiary/aromatic N) is 4. The van der Waals surface area contributed by atoms with Crippen molar-refractivity contribution < 1.29 is 17.4 Å². The van der Waals surface area contributed by atoms with Crippen LogP contribution in [0.1, 0.15) is 5.56 Å². The van der Waals surface area contributed by atoms with Gasteiger partial charge < -0.3 is 4.57 Å². The maximum absolute atomic E-state index is 12.8. The predicted molar refractivity (Wildman–Crippen MR) is 79.1 cm³/mol. The molecule has 3 rings (SSSR count). The molecule has 1 unspecified atom stereocenters. The molecule has 3 aromatic heterocycles. The van der Waals surface area contributed by atoms with E-state index in [1.165, 1.54) is 18.6 Å². The van der Waals surface area contributed by atoms with Gasteiger partial charge in [0.05, 0.1) is 21.3 Å². The first-order valence-electron chi connectivity index (χ1n) is 6.46. The lowest BCUT2D eigenvalue weighted by Gasteiger charge is -2.06. The van der Waals surface area contributed by atoms with Crippen LogP contribution in [0.4, 0.5) is 13.2 Å². The molecule has 0 amide bonds. The fraction of sp³-hybridized carbons (Fsp3) is 0.214. The van der Waals surface area contributed by atoms with Gasteiger partial charge in [0.15, 0.2) is 5.65 Å². The van der Waals surface area contributed by atoms with Crippen molar-refractivity contribution in [1.82, 2.24) is 19.5 Å². The Morgan fingerprint density at radius 2 is 2.00 bits per heavy atom. The van der Waals surface area contributed by atoms with Crippen molar-refractivity contribution in [3.63, 3.8) is 0 Å². The summed E-state index contributed by atoms with van der Waals surface area (Å²) >= 11 is 0. The Morgan fingerprint density at radius 3 is 2.65 bits per heavy atom. The van der Waals surface area contributed by atoms with Gasteiger partial charge in [-0.3, -0.25) is 9.19 Å². The van der Waals surface area contributed by atoms with Crippen LogP contribution in [0.3, 0.4) is 0 Å². The van der Waals surface area contributed by atoms with Crippen molar-refractivity contribution >= 4 is 22.0 Å². The van der Waals surface area contributed by atoms with Gasteiger partial charge in [-0.25, -0.2) is 9.97 Å². The average Bonchev–Trinajstić information content (AvgIpc) is 2.83. The summed E-state index contributed by atoms with van der Waals surface area (Å²) in [6, 6.07) is 2.58. The van der Waals surface area contributed by atoms with Crippen LogP contribution in [-0.4, -0.2) is 30.0 Å². The molecule has 0 fully saturated rings. The van der Waals surface area contributed by atoms with Crippen LogP contribution in [0.5, 0.6) is 0 Å². The van der Waals surface area contributed by atoms with E-state index in [0.717, 1.165) is 12.3 Å². The normalized spacial score (nSPS) is 13.4. The lowest BCUT2D eigenvalue weighted by Crippen LogP contribution is -2.05. The van der Waals surface area contributed by atoms with Gasteiger partial charge in [-0.2, -0.15) is 13.2 Å². The number of rotatable bonds is 2. The molecule has 3 aromatic rings. The maximum Gasteiger partial charge on any atom is 0.417 e. The second kappa shape index (κ2) is 5.41. The monoisotopic (exact) mass is 340 g/mol. The number of aryl methyl sites for hydroxylation is 1. The number of hydrogen-bond donors (Lipinski definition) is 0. The summed E-state index contributed by atoms with van der Waals surface area (Å²) in [5.74, 6) is 0.388. The number of pyridine rings is 2. The quantitative estimate of drug-likeness (QED) is 0.720. The maximum atomic E-state index is 12.8. The van der Waals surface area contributed by atoms with Crippen molar-refractivity contribution in [3.8, 4) is 11.4 Å². The van der Waals surface area contributed by atoms with Crippen LogP contribution < -0.4 is 0 Å². The zero-order chi connectivity index (χ0) is 16.8. The van der Waals surface area contributed by atoms with E-state index in [4.69, 9.17) is 0 Å². The number of fused-ring (bicyclic) bond motifs is 1. The van der Waals surface area contributed by atoms with E-state index in [1.807, 2.05) is 0 Å². The Kier molecular flexibility index (Phi) is 3.67. The van der Waals surface area contributed by atoms with Gasteiger partial charge in [0, 0.05) is 37.5 Å². The van der Waals surface area contributed by atoms with Crippen molar-refractivity contribution in [2.24, 2.45) is 7.05 Å². The van der Waals surface area contributed by atoms with Crippen LogP contribution in [0.15, 0.2) is 35.6 Å². The molecule has 0 radical (unpaired) electrons. The fourth-order valence-corrected chi connectivity index (χ4v) is 2.94. The molecule has 3 heterocycles. The van der Waals surface area contributed by atoms with Crippen LogP contribution in [0.2, 0.25) is 0 Å². The molecule has 9 heteroatoms. The smallest absolute Gasteiger partial charge is 0.312 e. The van der Waals surface area contributed by atoms with Gasteiger partial charge in [0.25, 0.3) is 0 Å². The third-order valence-corrected chi connectivity index (χ3v) is 4.32. The summed E-state index contributed by atoms with van der Waals surface area (Å²) in [4.78, 5) is 12.5. The van der Waals surface area contributed by atoms with Crippen molar-refractivity contribution in [2.45, 2.75) is 11.1 Å². The first-order valence-corrected chi connectivity index (χ1v) is 8.02. The number of alkyl halides is 3. The highest BCUT2D eigenvalue weighted by Crippen LogP contribution is 2.32. The summed E-state index contributed by atoms with van der Waals surface area (Å²) in [7, 11) is 0.341. The summed E-state index contributed by atoms with van der Waals surface area (Å²) < 4.78 is 51.8. The molecule has 120 valence electrons. The molecule has 0 N–H and O–H groups in total. The molecule has 1 atom stereocenters. The van der Waals surface area contributed by atoms with Crippen LogP contribution in [-0.2, 0) is 24.0 Å². The standard InChI is InChI=1S/C14H11F3N4OS/c1-21-12(9-3-4-18-7-11(9)23(2)22)20-10-5-8(14(15,16)17)6-19-13(10)21/h3-7H,1-2H3. The zero-order valence-corrected chi connectivity index (χ0v) is 12.9. The Morgan fingerprint density at radius 1 is 1.26 bits per heavy atom. The van der Waals surface area contributed by atoms with E-state index >= 15 is 0 Å². The number of imidazole rings is 1. The first kappa shape index (κ1) is 15.6. The predicted octanol–water partition coefficient (Wildman–Crippen LogP) is 2.79. The molecule has 0 aliphatic rings. The molecule has 23 heavy (non-hydrogen) atoms. The Labute approximate surface area is 131 Å². The van der Waals surface area contributed by atoms with E-state index in [2.05, 4.69) is 15.0 Å². The van der Waals surface area contributed by atoms with Gasteiger partial charge >= 0.3 is 6.18 Å². The summed E-state index contributed by atoms with van der Waals surface area (Å²) in [5.41, 5.74) is 0.137. The largest absolute Gasteiger partial charge is 0.417 e. The van der Waals surface area contributed by atoms with Gasteiger partial charge in [0.1, 0.15) is 11.3 Å². The summed E-state index contributed by atoms with van der Waals surface area (Å²) in [6.07, 6.45) is 0.771. The highest BCUT2D eigenvalue weighted by molar-refractivity contribution is 7.84. The van der Waals surface area contributed by atoms with E-state index in [9.17, 15) is 17.4 Å². The number of hydrogen-bond acceptors (Lipinski definition) is 4. The minimum Gasteiger partial charge on any atom is -0.312 e. The molecule has 0 saturated carbocycles. The van der Waals surface area contributed by atoms with E-state index < -0.39 is 22.5 Å². The third kappa shape index (κ3) is 2.72. The number of halogens is 3. The molecular formula is C14H11F3N4OS. The lowest BCUT2D eigenvalue weighted by molar-refractivity contribution is -0.137. The summed E-state index contributed by atoms with van der Waals surface area (Å²) in [6.45, 7) is 0. The topological polar surface area (TPSA) is 60.7 Å². The molecule has 0 bridgehead atoms. The van der Waals surface area contributed by atoms with Gasteiger partial charge in [0.2, 0.25) is 0 Å². The highest BCUT2D eigenvalue weighted by Gasteiger charge is 2.31. The molecule has 0 aliphatic heterocycles. The van der Waals surface area contributed by atoms with Crippen LogP contribution in [0.25, 0.3) is 22.6 Å². The average molecular weight is 340 g/mol. The zero-order valence-electron chi connectivity index (χ0n) is 12.1. The minimum absolute atomic E-state index is 0.127. The molecule has 5 nitrogen and oxygen atoms in total. The van der Waals surface area contributed by atoms with Crippen LogP contribution >= 0.6 is 0 Å². The Balaban J connectivity index is 2.24. The molecule has 0 aromatic carbocycles. The lowest BCUT2D eigenvalue weighted by atomic mass is 10.2. The Hall–Kier alpha value is -2.29.